The topological polar surface area (TPSA) is 71.8 Å². The second-order valence-electron chi connectivity index (χ2n) is 6.79. The molecule has 1 fully saturated rings. The van der Waals surface area contributed by atoms with Crippen molar-refractivity contribution < 1.29 is 18.7 Å². The maximum Gasteiger partial charge on any atom is 0.287 e. The first kappa shape index (κ1) is 19.5. The number of likely N-dealkylation sites (tertiary alicyclic amines) is 1. The second kappa shape index (κ2) is 8.61. The second-order valence-corrected chi connectivity index (χ2v) is 7.57. The molecule has 1 aromatic carbocycles. The molecule has 27 heavy (non-hydrogen) atoms. The summed E-state index contributed by atoms with van der Waals surface area (Å²) in [6.07, 6.45) is 1.42. The monoisotopic (exact) mass is 434 g/mol. The highest BCUT2D eigenvalue weighted by atomic mass is 79.9. The first-order chi connectivity index (χ1) is 12.9. The summed E-state index contributed by atoms with van der Waals surface area (Å²) in [4.78, 5) is 26.3. The van der Waals surface area contributed by atoms with E-state index in [-0.39, 0.29) is 30.2 Å². The summed E-state index contributed by atoms with van der Waals surface area (Å²) in [5.74, 6) is 0.751. The van der Waals surface area contributed by atoms with Crippen molar-refractivity contribution in [1.82, 2.24) is 10.2 Å². The van der Waals surface area contributed by atoms with Crippen LogP contribution in [0.25, 0.3) is 0 Å². The van der Waals surface area contributed by atoms with Crippen molar-refractivity contribution in [3.8, 4) is 5.75 Å². The molecule has 0 spiro atoms. The van der Waals surface area contributed by atoms with E-state index in [4.69, 9.17) is 9.15 Å². The molecular weight excluding hydrogens is 412 g/mol. The van der Waals surface area contributed by atoms with Gasteiger partial charge in [-0.25, -0.2) is 0 Å². The van der Waals surface area contributed by atoms with Crippen molar-refractivity contribution in [2.24, 2.45) is 0 Å². The summed E-state index contributed by atoms with van der Waals surface area (Å²) in [7, 11) is 0. The predicted molar refractivity (Wildman–Crippen MR) is 105 cm³/mol. The average molecular weight is 435 g/mol. The van der Waals surface area contributed by atoms with Crippen molar-refractivity contribution in [3.63, 3.8) is 0 Å². The summed E-state index contributed by atoms with van der Waals surface area (Å²) >= 11 is 3.19. The van der Waals surface area contributed by atoms with Gasteiger partial charge >= 0.3 is 0 Å². The average Bonchev–Trinajstić information content (AvgIpc) is 3.08. The molecule has 1 saturated heterocycles. The van der Waals surface area contributed by atoms with E-state index in [1.807, 2.05) is 32.0 Å². The number of amides is 2. The number of nitrogens with zero attached hydrogens (tertiary/aromatic N) is 1. The molecular formula is C20H23BrN2O4. The van der Waals surface area contributed by atoms with Crippen LogP contribution in [0.15, 0.2) is 39.4 Å². The van der Waals surface area contributed by atoms with Gasteiger partial charge in [-0.05, 0) is 66.4 Å². The van der Waals surface area contributed by atoms with E-state index < -0.39 is 0 Å². The fourth-order valence-corrected chi connectivity index (χ4v) is 3.46. The van der Waals surface area contributed by atoms with Crippen molar-refractivity contribution in [3.05, 3.63) is 51.9 Å². The fourth-order valence-electron chi connectivity index (χ4n) is 3.16. The van der Waals surface area contributed by atoms with Crippen LogP contribution in [0.1, 0.15) is 34.5 Å². The van der Waals surface area contributed by atoms with Gasteiger partial charge < -0.3 is 19.4 Å². The number of halogens is 1. The highest BCUT2D eigenvalue weighted by Crippen LogP contribution is 2.19. The maximum absolute atomic E-state index is 12.4. The Balaban J connectivity index is 1.44. The third-order valence-corrected chi connectivity index (χ3v) is 5.09. The Bertz CT molecular complexity index is 825. The summed E-state index contributed by atoms with van der Waals surface area (Å²) in [6, 6.07) is 9.25. The third-order valence-electron chi connectivity index (χ3n) is 4.66. The smallest absolute Gasteiger partial charge is 0.287 e. The number of rotatable bonds is 5. The van der Waals surface area contributed by atoms with E-state index in [0.717, 1.165) is 16.9 Å². The van der Waals surface area contributed by atoms with Crippen molar-refractivity contribution in [1.29, 1.82) is 0 Å². The minimum absolute atomic E-state index is 0.0291. The van der Waals surface area contributed by atoms with Gasteiger partial charge in [0.2, 0.25) is 0 Å². The van der Waals surface area contributed by atoms with E-state index in [1.54, 1.807) is 17.0 Å². The molecule has 2 aromatic rings. The zero-order valence-corrected chi connectivity index (χ0v) is 17.0. The van der Waals surface area contributed by atoms with Gasteiger partial charge in [0.15, 0.2) is 17.0 Å². The van der Waals surface area contributed by atoms with Crippen LogP contribution in [-0.2, 0) is 4.79 Å². The molecule has 0 unspecified atom stereocenters. The van der Waals surface area contributed by atoms with Crippen LogP contribution in [0.3, 0.4) is 0 Å². The number of hydrogen-bond acceptors (Lipinski definition) is 4. The van der Waals surface area contributed by atoms with Crippen molar-refractivity contribution in [2.75, 3.05) is 19.7 Å². The van der Waals surface area contributed by atoms with Crippen LogP contribution >= 0.6 is 15.9 Å². The van der Waals surface area contributed by atoms with Gasteiger partial charge in [0, 0.05) is 19.1 Å². The number of ether oxygens (including phenoxy) is 1. The molecule has 6 nitrogen and oxygen atoms in total. The molecule has 1 N–H and O–H groups in total. The van der Waals surface area contributed by atoms with Crippen LogP contribution in [0.4, 0.5) is 0 Å². The Kier molecular flexibility index (Phi) is 6.21. The predicted octanol–water partition coefficient (Wildman–Crippen LogP) is 3.46. The summed E-state index contributed by atoms with van der Waals surface area (Å²) in [6.45, 7) is 5.22. The van der Waals surface area contributed by atoms with E-state index >= 15 is 0 Å². The van der Waals surface area contributed by atoms with Gasteiger partial charge in [0.1, 0.15) is 5.75 Å². The largest absolute Gasteiger partial charge is 0.484 e. The highest BCUT2D eigenvalue weighted by molar-refractivity contribution is 9.10. The Morgan fingerprint density at radius 1 is 1.22 bits per heavy atom. The number of piperidine rings is 1. The minimum atomic E-state index is -0.233. The molecule has 3 rings (SSSR count). The summed E-state index contributed by atoms with van der Waals surface area (Å²) < 4.78 is 11.5. The number of nitrogens with one attached hydrogen (secondary N) is 1. The van der Waals surface area contributed by atoms with Crippen LogP contribution in [-0.4, -0.2) is 42.5 Å². The minimum Gasteiger partial charge on any atom is -0.484 e. The Labute approximate surface area is 167 Å². The molecule has 0 saturated carbocycles. The molecule has 0 bridgehead atoms. The molecule has 1 aromatic heterocycles. The third kappa shape index (κ3) is 5.13. The Morgan fingerprint density at radius 3 is 2.59 bits per heavy atom. The lowest BCUT2D eigenvalue weighted by atomic mass is 10.0. The quantitative estimate of drug-likeness (QED) is 0.781. The van der Waals surface area contributed by atoms with Gasteiger partial charge in [-0.3, -0.25) is 9.59 Å². The van der Waals surface area contributed by atoms with E-state index in [9.17, 15) is 9.59 Å². The zero-order chi connectivity index (χ0) is 19.4. The van der Waals surface area contributed by atoms with E-state index in [1.165, 1.54) is 0 Å². The van der Waals surface area contributed by atoms with Crippen molar-refractivity contribution in [2.45, 2.75) is 32.7 Å². The molecule has 7 heteroatoms. The van der Waals surface area contributed by atoms with Crippen LogP contribution < -0.4 is 10.1 Å². The van der Waals surface area contributed by atoms with Gasteiger partial charge in [0.05, 0.1) is 0 Å². The van der Waals surface area contributed by atoms with Gasteiger partial charge in [-0.15, -0.1) is 0 Å². The molecule has 2 amide bonds. The van der Waals surface area contributed by atoms with Gasteiger partial charge in [-0.2, -0.15) is 0 Å². The summed E-state index contributed by atoms with van der Waals surface area (Å²) in [5, 5.41) is 2.96. The number of carbonyl (C=O) groups is 2. The molecule has 1 aliphatic heterocycles. The standard InChI is InChI=1S/C20H23BrN2O4/c1-13-3-4-16(14(2)11-13)26-12-19(24)23-9-7-15(8-10-23)22-20(25)17-5-6-18(21)27-17/h3-6,11,15H,7-10,12H2,1-2H3,(H,22,25). The first-order valence-electron chi connectivity index (χ1n) is 8.96. The highest BCUT2D eigenvalue weighted by Gasteiger charge is 2.25. The normalized spacial score (nSPS) is 14.9. The van der Waals surface area contributed by atoms with E-state index in [2.05, 4.69) is 21.2 Å². The Morgan fingerprint density at radius 2 is 1.96 bits per heavy atom. The molecule has 144 valence electrons. The zero-order valence-electron chi connectivity index (χ0n) is 15.5. The SMILES string of the molecule is Cc1ccc(OCC(=O)N2CCC(NC(=O)c3ccc(Br)o3)CC2)c(C)c1. The molecule has 2 heterocycles. The van der Waals surface area contributed by atoms with Crippen LogP contribution in [0.2, 0.25) is 0 Å². The van der Waals surface area contributed by atoms with Gasteiger partial charge in [-0.1, -0.05) is 17.7 Å². The Hall–Kier alpha value is -2.28. The van der Waals surface area contributed by atoms with Crippen molar-refractivity contribution >= 4 is 27.7 Å². The fraction of sp³-hybridized carbons (Fsp3) is 0.400. The number of hydrogen-bond donors (Lipinski definition) is 1. The first-order valence-corrected chi connectivity index (χ1v) is 9.75. The lowest BCUT2D eigenvalue weighted by Crippen LogP contribution is -2.47. The van der Waals surface area contributed by atoms with E-state index in [0.29, 0.717) is 30.6 Å². The van der Waals surface area contributed by atoms with Crippen LogP contribution in [0, 0.1) is 13.8 Å². The number of aryl methyl sites for hydroxylation is 2. The number of benzene rings is 1. The number of furan rings is 1. The molecule has 0 radical (unpaired) electrons. The number of carbonyl (C=O) groups excluding carboxylic acids is 2. The van der Waals surface area contributed by atoms with Gasteiger partial charge in [0.25, 0.3) is 11.8 Å². The lowest BCUT2D eigenvalue weighted by Gasteiger charge is -2.32. The lowest BCUT2D eigenvalue weighted by molar-refractivity contribution is -0.134. The maximum atomic E-state index is 12.4. The molecule has 0 atom stereocenters. The summed E-state index contributed by atoms with van der Waals surface area (Å²) in [5.41, 5.74) is 2.19. The molecule has 0 aliphatic carbocycles. The molecule has 1 aliphatic rings. The van der Waals surface area contributed by atoms with Crippen LogP contribution in [0.5, 0.6) is 5.75 Å².